The molecule has 0 atom stereocenters. The van der Waals surface area contributed by atoms with E-state index in [1.807, 2.05) is 0 Å². The Bertz CT molecular complexity index is 343. The van der Waals surface area contributed by atoms with Crippen LogP contribution in [0.25, 0.3) is 0 Å². The van der Waals surface area contributed by atoms with Crippen molar-refractivity contribution in [2.45, 2.75) is 0 Å². The molecule has 1 aliphatic rings. The third kappa shape index (κ3) is 4.42. The summed E-state index contributed by atoms with van der Waals surface area (Å²) in [5.74, 6) is -0.475. The molecule has 5 heteroatoms. The molecule has 0 aromatic heterocycles. The highest BCUT2D eigenvalue weighted by Crippen LogP contribution is 1.96. The van der Waals surface area contributed by atoms with Crippen molar-refractivity contribution in [3.63, 3.8) is 0 Å². The Morgan fingerprint density at radius 1 is 1.07 bits per heavy atom. The van der Waals surface area contributed by atoms with Gasteiger partial charge in [-0.2, -0.15) is 5.10 Å². The molecule has 1 aliphatic heterocycles. The molecule has 0 unspecified atom stereocenters. The molecule has 14 heavy (non-hydrogen) atoms. The van der Waals surface area contributed by atoms with Crippen LogP contribution in [-0.4, -0.2) is 17.8 Å². The van der Waals surface area contributed by atoms with Crippen molar-refractivity contribution < 1.29 is 9.59 Å². The van der Waals surface area contributed by atoms with Crippen LogP contribution >= 0.6 is 11.9 Å². The van der Waals surface area contributed by atoms with Crippen molar-refractivity contribution in [3.05, 3.63) is 35.8 Å². The predicted octanol–water partition coefficient (Wildman–Crippen LogP) is 0.988. The fourth-order valence-electron chi connectivity index (χ4n) is 0.649. The molecule has 0 spiro atoms. The average Bonchev–Trinajstić information content (AvgIpc) is 2.17. The highest BCUT2D eigenvalue weighted by Gasteiger charge is 1.92. The number of rotatable bonds is 0. The Morgan fingerprint density at radius 2 is 1.79 bits per heavy atom. The molecule has 0 saturated heterocycles. The second-order valence-corrected chi connectivity index (χ2v) is 2.98. The topological polar surface area (TPSA) is 58.5 Å². The van der Waals surface area contributed by atoms with E-state index in [-0.39, 0.29) is 11.6 Å². The molecular formula is C9H8N2O2S. The third-order valence-electron chi connectivity index (χ3n) is 1.24. The van der Waals surface area contributed by atoms with Gasteiger partial charge in [0.2, 0.25) is 0 Å². The van der Waals surface area contributed by atoms with Crippen LogP contribution in [0.3, 0.4) is 0 Å². The van der Waals surface area contributed by atoms with Gasteiger partial charge in [0, 0.05) is 6.21 Å². The van der Waals surface area contributed by atoms with Gasteiger partial charge in [0.1, 0.15) is 0 Å². The minimum atomic E-state index is -0.244. The summed E-state index contributed by atoms with van der Waals surface area (Å²) in [7, 11) is 0. The third-order valence-corrected chi connectivity index (χ3v) is 1.72. The van der Waals surface area contributed by atoms with E-state index < -0.39 is 0 Å². The zero-order chi connectivity index (χ0) is 10.2. The first kappa shape index (κ1) is 10.5. The Hall–Kier alpha value is -1.62. The monoisotopic (exact) mass is 208 g/mol. The second-order valence-electron chi connectivity index (χ2n) is 2.29. The van der Waals surface area contributed by atoms with E-state index >= 15 is 0 Å². The number of hydrogen-bond donors (Lipinski definition) is 1. The van der Waals surface area contributed by atoms with Crippen LogP contribution in [0, 0.1) is 0 Å². The first-order valence-corrected chi connectivity index (χ1v) is 4.70. The maximum Gasteiger partial charge on any atom is 0.179 e. The molecule has 72 valence electrons. The minimum Gasteiger partial charge on any atom is -0.290 e. The van der Waals surface area contributed by atoms with Gasteiger partial charge < -0.3 is 0 Å². The van der Waals surface area contributed by atoms with Crippen LogP contribution in [0.1, 0.15) is 0 Å². The Balaban J connectivity index is 2.73. The van der Waals surface area contributed by atoms with Gasteiger partial charge in [0.15, 0.2) is 11.6 Å². The molecule has 1 rings (SSSR count). The van der Waals surface area contributed by atoms with Crippen molar-refractivity contribution in [2.24, 2.45) is 5.10 Å². The SMILES string of the molecule is O=C1/C=C\SN/N=C\C=C\C(=O)/C=C/1. The number of allylic oxidation sites excluding steroid dienone is 5. The smallest absolute Gasteiger partial charge is 0.179 e. The van der Waals surface area contributed by atoms with Crippen molar-refractivity contribution in [3.8, 4) is 0 Å². The number of nitrogens with zero attached hydrogens (tertiary/aromatic N) is 1. The van der Waals surface area contributed by atoms with Crippen LogP contribution in [0.4, 0.5) is 0 Å². The van der Waals surface area contributed by atoms with Crippen LogP contribution in [0.2, 0.25) is 0 Å². The van der Waals surface area contributed by atoms with Crippen molar-refractivity contribution >= 4 is 29.7 Å². The number of hydrazone groups is 1. The maximum absolute atomic E-state index is 11.0. The standard InChI is InChI=1S/C9H8N2O2S/c12-8-2-1-6-10-11-14-7-5-9(13)4-3-8/h1-7,11H/b2-1+,4-3+,7-5-,10-6-. The molecule has 4 nitrogen and oxygen atoms in total. The second kappa shape index (κ2) is 5.93. The lowest BCUT2D eigenvalue weighted by Gasteiger charge is -1.90. The van der Waals surface area contributed by atoms with Gasteiger partial charge >= 0.3 is 0 Å². The van der Waals surface area contributed by atoms with Gasteiger partial charge in [0.25, 0.3) is 0 Å². The van der Waals surface area contributed by atoms with E-state index in [9.17, 15) is 9.59 Å². The van der Waals surface area contributed by atoms with Crippen molar-refractivity contribution in [1.29, 1.82) is 0 Å². The Kier molecular flexibility index (Phi) is 4.43. The molecule has 0 radical (unpaired) electrons. The summed E-state index contributed by atoms with van der Waals surface area (Å²) in [4.78, 5) is 24.6. The fraction of sp³-hybridized carbons (Fsp3) is 0. The molecule has 0 aromatic carbocycles. The van der Waals surface area contributed by atoms with Gasteiger partial charge in [0.05, 0.1) is 0 Å². The number of ketones is 2. The molecular weight excluding hydrogens is 200 g/mol. The average molecular weight is 208 g/mol. The summed E-state index contributed by atoms with van der Waals surface area (Å²) in [6.07, 6.45) is 8.07. The summed E-state index contributed by atoms with van der Waals surface area (Å²) >= 11 is 1.17. The Morgan fingerprint density at radius 3 is 2.57 bits per heavy atom. The molecule has 0 amide bonds. The molecule has 0 aliphatic carbocycles. The zero-order valence-electron chi connectivity index (χ0n) is 7.21. The summed E-state index contributed by atoms with van der Waals surface area (Å²) in [6, 6.07) is 0. The Labute approximate surface area is 85.6 Å². The zero-order valence-corrected chi connectivity index (χ0v) is 8.03. The van der Waals surface area contributed by atoms with E-state index in [1.165, 1.54) is 48.5 Å². The van der Waals surface area contributed by atoms with E-state index in [1.54, 1.807) is 5.41 Å². The largest absolute Gasteiger partial charge is 0.290 e. The first-order valence-electron chi connectivity index (χ1n) is 3.82. The lowest BCUT2D eigenvalue weighted by atomic mass is 10.3. The summed E-state index contributed by atoms with van der Waals surface area (Å²) in [5, 5.41) is 5.28. The highest BCUT2D eigenvalue weighted by molar-refractivity contribution is 8.00. The van der Waals surface area contributed by atoms with Gasteiger partial charge in [-0.1, -0.05) is 0 Å². The number of nitrogens with one attached hydrogen (secondary N) is 1. The van der Waals surface area contributed by atoms with Crippen molar-refractivity contribution in [2.75, 3.05) is 0 Å². The first-order chi connectivity index (χ1) is 6.79. The summed E-state index contributed by atoms with van der Waals surface area (Å²) in [6.45, 7) is 0. The predicted molar refractivity (Wildman–Crippen MR) is 56.7 cm³/mol. The normalized spacial score (nSPS) is 26.6. The van der Waals surface area contributed by atoms with E-state index in [4.69, 9.17) is 0 Å². The maximum atomic E-state index is 11.0. The summed E-state index contributed by atoms with van der Waals surface area (Å²) < 4.78 is 0. The van der Waals surface area contributed by atoms with Crippen LogP contribution in [0.15, 0.2) is 40.9 Å². The molecule has 1 N–H and O–H groups in total. The molecule has 0 saturated carbocycles. The fourth-order valence-corrected chi connectivity index (χ4v) is 1.03. The van der Waals surface area contributed by atoms with Gasteiger partial charge in [-0.25, -0.2) is 4.83 Å². The van der Waals surface area contributed by atoms with Gasteiger partial charge in [-0.05, 0) is 47.7 Å². The van der Waals surface area contributed by atoms with Crippen molar-refractivity contribution in [1.82, 2.24) is 4.83 Å². The van der Waals surface area contributed by atoms with Crippen LogP contribution in [-0.2, 0) is 9.59 Å². The number of carbonyl (C=O) groups is 2. The lowest BCUT2D eigenvalue weighted by molar-refractivity contribution is -0.112. The lowest BCUT2D eigenvalue weighted by Crippen LogP contribution is -1.94. The van der Waals surface area contributed by atoms with E-state index in [0.29, 0.717) is 0 Å². The van der Waals surface area contributed by atoms with E-state index in [0.717, 1.165) is 0 Å². The number of carbonyl (C=O) groups excluding carboxylic acids is 2. The quantitative estimate of drug-likeness (QED) is 0.603. The van der Waals surface area contributed by atoms with Gasteiger partial charge in [-0.3, -0.25) is 9.59 Å². The minimum absolute atomic E-state index is 0.231. The van der Waals surface area contributed by atoms with Crippen LogP contribution in [0.5, 0.6) is 0 Å². The molecule has 0 bridgehead atoms. The highest BCUT2D eigenvalue weighted by atomic mass is 32.2. The molecule has 1 heterocycles. The van der Waals surface area contributed by atoms with E-state index in [2.05, 4.69) is 9.93 Å². The van der Waals surface area contributed by atoms with Crippen LogP contribution < -0.4 is 4.83 Å². The summed E-state index contributed by atoms with van der Waals surface area (Å²) in [5.41, 5.74) is 0. The molecule has 0 aromatic rings. The number of hydrogen-bond acceptors (Lipinski definition) is 5. The molecule has 0 fully saturated rings. The van der Waals surface area contributed by atoms with Gasteiger partial charge in [-0.15, -0.1) is 0 Å².